The van der Waals surface area contributed by atoms with Gasteiger partial charge in [-0.3, -0.25) is 9.59 Å². The van der Waals surface area contributed by atoms with Crippen molar-refractivity contribution < 1.29 is 23.1 Å². The summed E-state index contributed by atoms with van der Waals surface area (Å²) in [5.74, 6) is -2.66. The average molecular weight is 541 g/mol. The minimum atomic E-state index is -2.80. The minimum Gasteiger partial charge on any atom is -0.484 e. The van der Waals surface area contributed by atoms with E-state index in [0.29, 0.717) is 22.2 Å². The van der Waals surface area contributed by atoms with Crippen molar-refractivity contribution in [3.8, 4) is 16.9 Å². The molecule has 0 spiro atoms. The second-order valence-electron chi connectivity index (χ2n) is 9.67. The number of carbonyl (C=O) groups is 2. The van der Waals surface area contributed by atoms with Crippen molar-refractivity contribution in [2.24, 2.45) is 0 Å². The maximum Gasteiger partial charge on any atom is 0.282 e. The number of halogens is 3. The first kappa shape index (κ1) is 27.1. The summed E-state index contributed by atoms with van der Waals surface area (Å²) >= 11 is 6.48. The number of carbonyl (C=O) groups excluding carboxylic acids is 2. The first-order chi connectivity index (χ1) is 17.9. The van der Waals surface area contributed by atoms with Gasteiger partial charge in [0.25, 0.3) is 11.8 Å². The number of alkyl halides is 2. The molecule has 7 nitrogen and oxygen atoms in total. The van der Waals surface area contributed by atoms with Crippen LogP contribution in [0.2, 0.25) is 5.02 Å². The second-order valence-corrected chi connectivity index (χ2v) is 10.1. The lowest BCUT2D eigenvalue weighted by Crippen LogP contribution is -2.58. The van der Waals surface area contributed by atoms with Crippen LogP contribution in [0.25, 0.3) is 17.2 Å². The maximum absolute atomic E-state index is 13.1. The van der Waals surface area contributed by atoms with Gasteiger partial charge in [-0.1, -0.05) is 29.8 Å². The molecule has 1 aromatic heterocycles. The van der Waals surface area contributed by atoms with Crippen molar-refractivity contribution in [1.29, 1.82) is 0 Å². The summed E-state index contributed by atoms with van der Waals surface area (Å²) < 4.78 is 32.2. The third kappa shape index (κ3) is 6.86. The second kappa shape index (κ2) is 10.8. The van der Waals surface area contributed by atoms with Gasteiger partial charge in [-0.2, -0.15) is 0 Å². The molecule has 4 rings (SSSR count). The molecule has 0 aliphatic carbocycles. The summed E-state index contributed by atoms with van der Waals surface area (Å²) in [7, 11) is 0. The molecule has 1 fully saturated rings. The molecule has 3 aromatic rings. The summed E-state index contributed by atoms with van der Waals surface area (Å²) in [6.45, 7) is 2.78. The van der Waals surface area contributed by atoms with Crippen LogP contribution >= 0.6 is 11.6 Å². The van der Waals surface area contributed by atoms with Crippen LogP contribution in [-0.2, 0) is 4.79 Å². The molecule has 2 heterocycles. The van der Waals surface area contributed by atoms with Gasteiger partial charge in [0.15, 0.2) is 0 Å². The Bertz CT molecular complexity index is 1350. The molecule has 1 aliphatic heterocycles. The lowest BCUT2D eigenvalue weighted by atomic mass is 10.0. The lowest BCUT2D eigenvalue weighted by Gasteiger charge is -2.38. The number of benzene rings is 2. The molecule has 2 aromatic carbocycles. The molecule has 0 atom stereocenters. The SMILES string of the molecule is CC(C)(CNC(=O)C=Cc1ccc(N)nc1)Oc1ccc(-c2ccc(C(=O)N3CC(F)(F)C3)cc2)cc1Cl. The molecule has 2 amide bonds. The van der Waals surface area contributed by atoms with E-state index in [-0.39, 0.29) is 12.5 Å². The fourth-order valence-electron chi connectivity index (χ4n) is 3.79. The third-order valence-corrected chi connectivity index (χ3v) is 6.14. The summed E-state index contributed by atoms with van der Waals surface area (Å²) in [5, 5.41) is 3.18. The molecule has 1 aliphatic rings. The highest BCUT2D eigenvalue weighted by molar-refractivity contribution is 6.32. The number of nitrogen functional groups attached to an aromatic ring is 1. The summed E-state index contributed by atoms with van der Waals surface area (Å²) in [6.07, 6.45) is 4.61. The van der Waals surface area contributed by atoms with E-state index in [2.05, 4.69) is 10.3 Å². The predicted octanol–water partition coefficient (Wildman–Crippen LogP) is 5.06. The van der Waals surface area contributed by atoms with Gasteiger partial charge >= 0.3 is 0 Å². The van der Waals surface area contributed by atoms with E-state index in [0.717, 1.165) is 21.6 Å². The molecular weight excluding hydrogens is 514 g/mol. The van der Waals surface area contributed by atoms with Gasteiger partial charge in [-0.15, -0.1) is 0 Å². The fourth-order valence-corrected chi connectivity index (χ4v) is 4.01. The highest BCUT2D eigenvalue weighted by atomic mass is 35.5. The topological polar surface area (TPSA) is 97.5 Å². The maximum atomic E-state index is 13.1. The number of pyridine rings is 1. The lowest BCUT2D eigenvalue weighted by molar-refractivity contribution is -0.117. The van der Waals surface area contributed by atoms with Gasteiger partial charge in [-0.25, -0.2) is 13.8 Å². The molecular formula is C28H27ClF2N4O3. The Labute approximate surface area is 224 Å². The molecule has 1 saturated heterocycles. The van der Waals surface area contributed by atoms with Crippen molar-refractivity contribution in [2.75, 3.05) is 25.4 Å². The van der Waals surface area contributed by atoms with E-state index in [4.69, 9.17) is 22.1 Å². The van der Waals surface area contributed by atoms with Crippen molar-refractivity contribution >= 4 is 35.3 Å². The van der Waals surface area contributed by atoms with Crippen LogP contribution in [0.3, 0.4) is 0 Å². The highest BCUT2D eigenvalue weighted by Gasteiger charge is 2.46. The van der Waals surface area contributed by atoms with E-state index in [9.17, 15) is 18.4 Å². The normalized spacial score (nSPS) is 14.7. The Kier molecular flexibility index (Phi) is 7.68. The third-order valence-electron chi connectivity index (χ3n) is 5.84. The van der Waals surface area contributed by atoms with E-state index in [1.54, 1.807) is 60.8 Å². The quantitative estimate of drug-likeness (QED) is 0.389. The molecule has 38 heavy (non-hydrogen) atoms. The average Bonchev–Trinajstić information content (AvgIpc) is 2.86. The van der Waals surface area contributed by atoms with Crippen LogP contribution in [-0.4, -0.2) is 52.9 Å². The van der Waals surface area contributed by atoms with Crippen LogP contribution in [0.15, 0.2) is 66.9 Å². The fraction of sp³-hybridized carbons (Fsp3) is 0.250. The Balaban J connectivity index is 1.33. The Morgan fingerprint density at radius 3 is 2.42 bits per heavy atom. The van der Waals surface area contributed by atoms with Gasteiger partial charge < -0.3 is 20.7 Å². The number of nitrogens with zero attached hydrogens (tertiary/aromatic N) is 2. The number of nitrogens with one attached hydrogen (secondary N) is 1. The van der Waals surface area contributed by atoms with Crippen molar-refractivity contribution in [3.63, 3.8) is 0 Å². The number of amides is 2. The standard InChI is InChI=1S/C28H27ClF2N4O3/c1-27(2,15-34-25(36)12-4-18-3-11-24(32)33-14-18)38-23-10-9-21(13-22(23)29)19-5-7-20(8-6-19)26(37)35-16-28(30,31)17-35/h3-14H,15-17H2,1-2H3,(H2,32,33)(H,34,36). The van der Waals surface area contributed by atoms with Gasteiger partial charge in [0.2, 0.25) is 5.91 Å². The number of likely N-dealkylation sites (tertiary alicyclic amines) is 1. The Morgan fingerprint density at radius 2 is 1.82 bits per heavy atom. The molecule has 3 N–H and O–H groups in total. The first-order valence-electron chi connectivity index (χ1n) is 11.8. The molecule has 0 unspecified atom stereocenters. The van der Waals surface area contributed by atoms with Crippen LogP contribution in [0.4, 0.5) is 14.6 Å². The van der Waals surface area contributed by atoms with Gasteiger partial charge in [-0.05, 0) is 73.0 Å². The molecule has 0 bridgehead atoms. The van der Waals surface area contributed by atoms with Gasteiger partial charge in [0.1, 0.15) is 17.2 Å². The van der Waals surface area contributed by atoms with Crippen LogP contribution < -0.4 is 15.8 Å². The van der Waals surface area contributed by atoms with E-state index in [1.807, 2.05) is 19.9 Å². The zero-order chi connectivity index (χ0) is 27.5. The monoisotopic (exact) mass is 540 g/mol. The largest absolute Gasteiger partial charge is 0.484 e. The molecule has 10 heteroatoms. The van der Waals surface area contributed by atoms with Gasteiger partial charge in [0, 0.05) is 17.8 Å². The summed E-state index contributed by atoms with van der Waals surface area (Å²) in [6, 6.07) is 15.4. The highest BCUT2D eigenvalue weighted by Crippen LogP contribution is 2.33. The Morgan fingerprint density at radius 1 is 1.13 bits per heavy atom. The first-order valence-corrected chi connectivity index (χ1v) is 12.2. The van der Waals surface area contributed by atoms with Crippen LogP contribution in [0.1, 0.15) is 29.8 Å². The number of hydrogen-bond acceptors (Lipinski definition) is 5. The summed E-state index contributed by atoms with van der Waals surface area (Å²) in [4.78, 5) is 29.6. The minimum absolute atomic E-state index is 0.229. The molecule has 0 radical (unpaired) electrons. The van der Waals surface area contributed by atoms with Crippen LogP contribution in [0.5, 0.6) is 5.75 Å². The summed E-state index contributed by atoms with van der Waals surface area (Å²) in [5.41, 5.74) is 7.50. The molecule has 0 saturated carbocycles. The zero-order valence-electron chi connectivity index (χ0n) is 20.9. The van der Waals surface area contributed by atoms with Crippen molar-refractivity contribution in [3.05, 3.63) is 83.0 Å². The number of hydrogen-bond donors (Lipinski definition) is 2. The predicted molar refractivity (Wildman–Crippen MR) is 143 cm³/mol. The number of ether oxygens (including phenoxy) is 1. The number of aromatic nitrogens is 1. The smallest absolute Gasteiger partial charge is 0.282 e. The van der Waals surface area contributed by atoms with E-state index in [1.165, 1.54) is 6.08 Å². The van der Waals surface area contributed by atoms with Gasteiger partial charge in [0.05, 0.1) is 24.7 Å². The van der Waals surface area contributed by atoms with Crippen molar-refractivity contribution in [1.82, 2.24) is 15.2 Å². The van der Waals surface area contributed by atoms with Crippen molar-refractivity contribution in [2.45, 2.75) is 25.4 Å². The zero-order valence-corrected chi connectivity index (χ0v) is 21.6. The molecule has 198 valence electrons. The number of anilines is 1. The number of rotatable bonds is 8. The number of nitrogens with two attached hydrogens (primary N) is 1. The van der Waals surface area contributed by atoms with Crippen LogP contribution in [0, 0.1) is 0 Å². The van der Waals surface area contributed by atoms with E-state index < -0.39 is 30.5 Å². The Hall–Kier alpha value is -3.98. The van der Waals surface area contributed by atoms with E-state index >= 15 is 0 Å².